The van der Waals surface area contributed by atoms with Gasteiger partial charge in [0.15, 0.2) is 0 Å². The molecule has 0 spiro atoms. The SMILES string of the molecule is COC(=O)/C(C)=C/COP(=O)(OC/C=C(\C)C(=O)OC)OP(=O)(OC/C=C(\C)C(=O)OC)OC/C=C(\C)C(=O)OC. The zero-order valence-corrected chi connectivity index (χ0v) is 25.9. The Morgan fingerprint density at radius 3 is 0.829 bits per heavy atom. The average molecular weight is 626 g/mol. The lowest BCUT2D eigenvalue weighted by Gasteiger charge is -2.22. The van der Waals surface area contributed by atoms with Crippen LogP contribution in [0.15, 0.2) is 46.6 Å². The fourth-order valence-corrected chi connectivity index (χ4v) is 5.19. The predicted octanol–water partition coefficient (Wildman–Crippen LogP) is 3.76. The van der Waals surface area contributed by atoms with Gasteiger partial charge >= 0.3 is 39.5 Å². The number of phosphoric acid groups is 2. The molecule has 0 aromatic heterocycles. The molecule has 0 fully saturated rings. The van der Waals surface area contributed by atoms with Crippen molar-refractivity contribution in [3.63, 3.8) is 0 Å². The quantitative estimate of drug-likeness (QED) is 0.0926. The van der Waals surface area contributed by atoms with E-state index in [1.165, 1.54) is 52.0 Å². The van der Waals surface area contributed by atoms with Crippen molar-refractivity contribution in [2.45, 2.75) is 27.7 Å². The molecule has 0 aliphatic carbocycles. The molecule has 0 aliphatic rings. The minimum absolute atomic E-state index is 0.0861. The third kappa shape index (κ3) is 15.1. The van der Waals surface area contributed by atoms with Crippen molar-refractivity contribution in [2.75, 3.05) is 54.9 Å². The second-order valence-corrected chi connectivity index (χ2v) is 11.1. The van der Waals surface area contributed by atoms with Crippen LogP contribution in [0, 0.1) is 0 Å². The van der Waals surface area contributed by atoms with Crippen LogP contribution in [0.4, 0.5) is 0 Å². The van der Waals surface area contributed by atoms with E-state index in [0.29, 0.717) is 0 Å². The van der Waals surface area contributed by atoms with E-state index in [9.17, 15) is 28.3 Å². The number of rotatable bonds is 18. The molecule has 0 amide bonds. The van der Waals surface area contributed by atoms with Gasteiger partial charge in [-0.3, -0.25) is 18.1 Å². The fraction of sp³-hybridized carbons (Fsp3) is 0.500. The van der Waals surface area contributed by atoms with Gasteiger partial charge in [-0.05, 0) is 52.0 Å². The van der Waals surface area contributed by atoms with E-state index in [-0.39, 0.29) is 22.3 Å². The number of methoxy groups -OCH3 is 4. The molecule has 17 heteroatoms. The van der Waals surface area contributed by atoms with Crippen LogP contribution in [0.5, 0.6) is 0 Å². The van der Waals surface area contributed by atoms with Crippen LogP contribution in [0.25, 0.3) is 0 Å². The molecule has 0 aromatic carbocycles. The Labute approximate surface area is 238 Å². The van der Waals surface area contributed by atoms with Crippen molar-refractivity contribution in [2.24, 2.45) is 0 Å². The number of carbonyl (C=O) groups is 4. The first-order valence-corrected chi connectivity index (χ1v) is 14.6. The van der Waals surface area contributed by atoms with Gasteiger partial charge in [0, 0.05) is 22.3 Å². The molecule has 0 aromatic rings. The zero-order valence-electron chi connectivity index (χ0n) is 24.2. The minimum Gasteiger partial charge on any atom is -0.466 e. The van der Waals surface area contributed by atoms with Crippen LogP contribution in [-0.4, -0.2) is 78.7 Å². The van der Waals surface area contributed by atoms with Crippen LogP contribution >= 0.6 is 15.6 Å². The summed E-state index contributed by atoms with van der Waals surface area (Å²) in [6.07, 6.45) is 4.77. The molecule has 232 valence electrons. The van der Waals surface area contributed by atoms with Gasteiger partial charge in [-0.25, -0.2) is 28.3 Å². The van der Waals surface area contributed by atoms with Crippen molar-refractivity contribution in [1.29, 1.82) is 0 Å². The highest BCUT2D eigenvalue weighted by molar-refractivity contribution is 7.62. The van der Waals surface area contributed by atoms with Crippen molar-refractivity contribution in [1.82, 2.24) is 0 Å². The van der Waals surface area contributed by atoms with Crippen molar-refractivity contribution >= 4 is 39.5 Å². The Bertz CT molecular complexity index is 982. The number of ether oxygens (including phenoxy) is 4. The number of carbonyl (C=O) groups excluding carboxylic acids is 4. The summed E-state index contributed by atoms with van der Waals surface area (Å²) in [5.74, 6) is -2.78. The first kappa shape index (κ1) is 38.1. The fourth-order valence-electron chi connectivity index (χ4n) is 2.28. The van der Waals surface area contributed by atoms with E-state index < -0.39 is 66.0 Å². The van der Waals surface area contributed by atoms with E-state index in [1.54, 1.807) is 0 Å². The molecular weight excluding hydrogens is 590 g/mol. The molecule has 0 aliphatic heterocycles. The Balaban J connectivity index is 6.19. The highest BCUT2D eigenvalue weighted by atomic mass is 31.3. The van der Waals surface area contributed by atoms with Crippen LogP contribution in [0.1, 0.15) is 27.7 Å². The second-order valence-electron chi connectivity index (χ2n) is 7.67. The largest absolute Gasteiger partial charge is 0.484 e. The van der Waals surface area contributed by atoms with Crippen LogP contribution in [0.3, 0.4) is 0 Å². The lowest BCUT2D eigenvalue weighted by molar-refractivity contribution is -0.136. The molecular formula is C24H36O15P2. The summed E-state index contributed by atoms with van der Waals surface area (Å²) in [7, 11) is -5.05. The molecule has 0 rings (SSSR count). The molecule has 41 heavy (non-hydrogen) atoms. The van der Waals surface area contributed by atoms with E-state index in [1.807, 2.05) is 0 Å². The van der Waals surface area contributed by atoms with Crippen LogP contribution < -0.4 is 0 Å². The van der Waals surface area contributed by atoms with Gasteiger partial charge in [0.1, 0.15) is 0 Å². The molecule has 0 saturated carbocycles. The predicted molar refractivity (Wildman–Crippen MR) is 143 cm³/mol. The highest BCUT2D eigenvalue weighted by Crippen LogP contribution is 2.66. The molecule has 0 saturated heterocycles. The zero-order chi connectivity index (χ0) is 31.6. The topological polar surface area (TPSA) is 185 Å². The summed E-state index contributed by atoms with van der Waals surface area (Å²) in [5.41, 5.74) is 0.344. The number of hydrogen-bond donors (Lipinski definition) is 0. The Morgan fingerprint density at radius 1 is 0.463 bits per heavy atom. The molecule has 0 unspecified atom stereocenters. The monoisotopic (exact) mass is 626 g/mol. The van der Waals surface area contributed by atoms with Gasteiger partial charge in [-0.15, -0.1) is 0 Å². The molecule has 0 radical (unpaired) electrons. The summed E-state index contributed by atoms with van der Waals surface area (Å²) in [6, 6.07) is 0. The van der Waals surface area contributed by atoms with E-state index >= 15 is 0 Å². The molecule has 0 atom stereocenters. The van der Waals surface area contributed by atoms with E-state index in [2.05, 4.69) is 18.9 Å². The lowest BCUT2D eigenvalue weighted by atomic mass is 10.3. The first-order chi connectivity index (χ1) is 19.2. The van der Waals surface area contributed by atoms with Crippen LogP contribution in [-0.2, 0) is 69.7 Å². The second kappa shape index (κ2) is 19.3. The number of hydrogen-bond acceptors (Lipinski definition) is 15. The smallest absolute Gasteiger partial charge is 0.466 e. The standard InChI is InChI=1S/C24H36O15P2/c1-17(21(25)31-5)9-13-35-40(29,36-14-10-18(2)22(26)32-6)39-41(30,37-15-11-19(3)23(27)33-7)38-16-12-20(4)24(28)34-8/h9-12H,13-16H2,1-8H3/b17-9+,18-10+,19-11+,20-12+. The highest BCUT2D eigenvalue weighted by Gasteiger charge is 2.40. The van der Waals surface area contributed by atoms with Gasteiger partial charge in [-0.1, -0.05) is 0 Å². The molecule has 0 N–H and O–H groups in total. The first-order valence-electron chi connectivity index (χ1n) is 11.7. The summed E-state index contributed by atoms with van der Waals surface area (Å²) in [4.78, 5) is 46.5. The normalized spacial score (nSPS) is 14.6. The molecule has 0 bridgehead atoms. The Kier molecular flexibility index (Phi) is 17.9. The molecule has 15 nitrogen and oxygen atoms in total. The Morgan fingerprint density at radius 2 is 0.659 bits per heavy atom. The minimum atomic E-state index is -4.84. The van der Waals surface area contributed by atoms with Gasteiger partial charge in [0.05, 0.1) is 54.9 Å². The maximum absolute atomic E-state index is 13.5. The van der Waals surface area contributed by atoms with Crippen molar-refractivity contribution in [3.8, 4) is 0 Å². The summed E-state index contributed by atoms with van der Waals surface area (Å²) in [6.45, 7) is 3.42. The maximum atomic E-state index is 13.5. The third-order valence-corrected chi connectivity index (χ3v) is 8.18. The van der Waals surface area contributed by atoms with Gasteiger partial charge in [0.25, 0.3) is 0 Å². The van der Waals surface area contributed by atoms with Gasteiger partial charge in [0.2, 0.25) is 0 Å². The van der Waals surface area contributed by atoms with Crippen molar-refractivity contribution < 1.29 is 69.7 Å². The third-order valence-electron chi connectivity index (χ3n) is 4.72. The lowest BCUT2D eigenvalue weighted by Crippen LogP contribution is -2.08. The average Bonchev–Trinajstić information content (AvgIpc) is 2.94. The van der Waals surface area contributed by atoms with E-state index in [0.717, 1.165) is 28.4 Å². The maximum Gasteiger partial charge on any atom is 0.484 e. The molecule has 0 heterocycles. The summed E-state index contributed by atoms with van der Waals surface area (Å²) < 4.78 is 71.2. The van der Waals surface area contributed by atoms with Gasteiger partial charge < -0.3 is 18.9 Å². The Hall–Kier alpha value is -2.90. The number of esters is 4. The van der Waals surface area contributed by atoms with Gasteiger partial charge in [-0.2, -0.15) is 4.31 Å². The van der Waals surface area contributed by atoms with Crippen molar-refractivity contribution in [3.05, 3.63) is 46.6 Å². The summed E-state index contributed by atoms with van der Waals surface area (Å²) in [5, 5.41) is 0. The van der Waals surface area contributed by atoms with Crippen LogP contribution in [0.2, 0.25) is 0 Å². The summed E-state index contributed by atoms with van der Waals surface area (Å²) >= 11 is 0. The van der Waals surface area contributed by atoms with E-state index in [4.69, 9.17) is 22.4 Å². The number of phosphoric ester groups is 2.